The van der Waals surface area contributed by atoms with E-state index in [9.17, 15) is 0 Å². The molecule has 0 saturated carbocycles. The minimum absolute atomic E-state index is 0.315. The Bertz CT molecular complexity index is 495. The molecule has 4 heteroatoms. The van der Waals surface area contributed by atoms with Gasteiger partial charge in [0.25, 0.3) is 0 Å². The molecule has 1 aromatic heterocycles. The molecule has 88 valence electrons. The van der Waals surface area contributed by atoms with Crippen molar-refractivity contribution in [1.29, 1.82) is 0 Å². The first-order valence-corrected chi connectivity index (χ1v) is 5.87. The van der Waals surface area contributed by atoms with Crippen LogP contribution in [-0.4, -0.2) is 11.7 Å². The molecule has 2 aromatic rings. The van der Waals surface area contributed by atoms with Gasteiger partial charge in [0.15, 0.2) is 0 Å². The Morgan fingerprint density at radius 3 is 3.06 bits per heavy atom. The molecule has 0 spiro atoms. The topological polar surface area (TPSA) is 55.3 Å². The van der Waals surface area contributed by atoms with Gasteiger partial charge in [0, 0.05) is 24.0 Å². The Labute approximate surface area is 100 Å². The van der Waals surface area contributed by atoms with Crippen LogP contribution in [-0.2, 0) is 0 Å². The number of hydrogen-bond acceptors (Lipinski definition) is 4. The summed E-state index contributed by atoms with van der Waals surface area (Å²) >= 11 is 0. The van der Waals surface area contributed by atoms with Crippen LogP contribution in [0, 0.1) is 0 Å². The van der Waals surface area contributed by atoms with Crippen molar-refractivity contribution in [2.24, 2.45) is 0 Å². The molecule has 1 aliphatic heterocycles. The van der Waals surface area contributed by atoms with Crippen LogP contribution in [0.1, 0.15) is 24.6 Å². The van der Waals surface area contributed by atoms with Gasteiger partial charge in [-0.25, -0.2) is 0 Å². The first kappa shape index (κ1) is 10.2. The summed E-state index contributed by atoms with van der Waals surface area (Å²) in [6.45, 7) is 1.04. The summed E-state index contributed by atoms with van der Waals surface area (Å²) < 4.78 is 4.93. The van der Waals surface area contributed by atoms with Gasteiger partial charge in [0.2, 0.25) is 0 Å². The van der Waals surface area contributed by atoms with Crippen molar-refractivity contribution < 1.29 is 4.52 Å². The Hall–Kier alpha value is -1.97. The second-order valence-corrected chi connectivity index (χ2v) is 4.37. The van der Waals surface area contributed by atoms with Gasteiger partial charge in [0.05, 0.1) is 6.04 Å². The summed E-state index contributed by atoms with van der Waals surface area (Å²) in [4.78, 5) is 2.34. The highest BCUT2D eigenvalue weighted by Crippen LogP contribution is 2.35. The monoisotopic (exact) mass is 229 g/mol. The molecule has 2 N–H and O–H groups in total. The third kappa shape index (κ3) is 1.86. The number of aromatic nitrogens is 1. The van der Waals surface area contributed by atoms with E-state index in [-0.39, 0.29) is 0 Å². The van der Waals surface area contributed by atoms with E-state index in [4.69, 9.17) is 10.3 Å². The van der Waals surface area contributed by atoms with Crippen LogP contribution in [0.2, 0.25) is 0 Å². The number of anilines is 2. The Morgan fingerprint density at radius 2 is 2.29 bits per heavy atom. The van der Waals surface area contributed by atoms with E-state index >= 15 is 0 Å². The average molecular weight is 229 g/mol. The summed E-state index contributed by atoms with van der Waals surface area (Å²) in [6, 6.07) is 10.3. The zero-order valence-corrected chi connectivity index (χ0v) is 9.54. The Morgan fingerprint density at radius 1 is 1.35 bits per heavy atom. The minimum Gasteiger partial charge on any atom is -0.399 e. The number of nitrogen functional groups attached to an aromatic ring is 1. The summed E-state index contributed by atoms with van der Waals surface area (Å²) in [7, 11) is 0. The van der Waals surface area contributed by atoms with Gasteiger partial charge >= 0.3 is 0 Å². The first-order chi connectivity index (χ1) is 8.34. The van der Waals surface area contributed by atoms with E-state index in [2.05, 4.69) is 16.1 Å². The van der Waals surface area contributed by atoms with Crippen LogP contribution < -0.4 is 10.6 Å². The van der Waals surface area contributed by atoms with E-state index in [1.807, 2.05) is 24.3 Å². The molecular weight excluding hydrogens is 214 g/mol. The van der Waals surface area contributed by atoms with Crippen molar-refractivity contribution in [3.05, 3.63) is 42.3 Å². The molecule has 0 bridgehead atoms. The zero-order valence-electron chi connectivity index (χ0n) is 9.54. The lowest BCUT2D eigenvalue weighted by Gasteiger charge is -2.25. The van der Waals surface area contributed by atoms with Crippen LogP contribution in [0.4, 0.5) is 11.4 Å². The maximum absolute atomic E-state index is 5.83. The van der Waals surface area contributed by atoms with Gasteiger partial charge in [-0.3, -0.25) is 0 Å². The van der Waals surface area contributed by atoms with Crippen LogP contribution in [0.5, 0.6) is 0 Å². The van der Waals surface area contributed by atoms with Gasteiger partial charge < -0.3 is 15.2 Å². The van der Waals surface area contributed by atoms with Crippen molar-refractivity contribution >= 4 is 11.4 Å². The van der Waals surface area contributed by atoms with E-state index in [1.54, 1.807) is 6.26 Å². The van der Waals surface area contributed by atoms with Crippen LogP contribution in [0.3, 0.4) is 0 Å². The quantitative estimate of drug-likeness (QED) is 0.804. The highest BCUT2D eigenvalue weighted by molar-refractivity contribution is 5.57. The number of nitrogens with two attached hydrogens (primary N) is 1. The largest absolute Gasteiger partial charge is 0.399 e. The van der Waals surface area contributed by atoms with Gasteiger partial charge in [0.1, 0.15) is 12.0 Å². The molecule has 4 nitrogen and oxygen atoms in total. The van der Waals surface area contributed by atoms with Crippen molar-refractivity contribution in [2.75, 3.05) is 17.2 Å². The van der Waals surface area contributed by atoms with Gasteiger partial charge in [-0.1, -0.05) is 11.2 Å². The SMILES string of the molecule is Nc1cccc(N2CCCC2c2ccon2)c1. The van der Waals surface area contributed by atoms with E-state index in [1.165, 1.54) is 6.42 Å². The fourth-order valence-corrected chi connectivity index (χ4v) is 2.48. The van der Waals surface area contributed by atoms with Crippen molar-refractivity contribution in [3.63, 3.8) is 0 Å². The van der Waals surface area contributed by atoms with Crippen molar-refractivity contribution in [1.82, 2.24) is 5.16 Å². The zero-order chi connectivity index (χ0) is 11.7. The summed E-state index contributed by atoms with van der Waals surface area (Å²) in [6.07, 6.45) is 3.92. The predicted octanol–water partition coefficient (Wildman–Crippen LogP) is 2.60. The third-order valence-electron chi connectivity index (χ3n) is 3.25. The number of rotatable bonds is 2. The summed E-state index contributed by atoms with van der Waals surface area (Å²) in [5.74, 6) is 0. The van der Waals surface area contributed by atoms with Gasteiger partial charge in [-0.15, -0.1) is 0 Å². The lowest BCUT2D eigenvalue weighted by Crippen LogP contribution is -2.22. The Kier molecular flexibility index (Phi) is 2.48. The van der Waals surface area contributed by atoms with Crippen LogP contribution in [0.15, 0.2) is 41.1 Å². The molecule has 2 heterocycles. The number of hydrogen-bond donors (Lipinski definition) is 1. The normalized spacial score (nSPS) is 19.8. The molecule has 1 unspecified atom stereocenters. The van der Waals surface area contributed by atoms with Crippen molar-refractivity contribution in [2.45, 2.75) is 18.9 Å². The molecule has 17 heavy (non-hydrogen) atoms. The average Bonchev–Trinajstić information content (AvgIpc) is 3.00. The Balaban J connectivity index is 1.92. The standard InChI is InChI=1S/C13H15N3O/c14-10-3-1-4-11(9-10)16-7-2-5-13(16)12-6-8-17-15-12/h1,3-4,6,8-9,13H,2,5,7,14H2. The highest BCUT2D eigenvalue weighted by atomic mass is 16.5. The maximum Gasteiger partial charge on any atom is 0.124 e. The fourth-order valence-electron chi connectivity index (χ4n) is 2.48. The van der Waals surface area contributed by atoms with E-state index in [0.717, 1.165) is 30.0 Å². The van der Waals surface area contributed by atoms with Gasteiger partial charge in [-0.2, -0.15) is 0 Å². The molecule has 1 fully saturated rings. The molecule has 0 radical (unpaired) electrons. The number of benzene rings is 1. The second-order valence-electron chi connectivity index (χ2n) is 4.37. The molecule has 0 amide bonds. The van der Waals surface area contributed by atoms with E-state index in [0.29, 0.717) is 6.04 Å². The van der Waals surface area contributed by atoms with Gasteiger partial charge in [-0.05, 0) is 31.0 Å². The molecule has 1 saturated heterocycles. The molecular formula is C13H15N3O. The van der Waals surface area contributed by atoms with E-state index < -0.39 is 0 Å². The lowest BCUT2D eigenvalue weighted by atomic mass is 10.1. The minimum atomic E-state index is 0.315. The fraction of sp³-hybridized carbons (Fsp3) is 0.308. The summed E-state index contributed by atoms with van der Waals surface area (Å²) in [5, 5.41) is 4.05. The molecule has 1 aliphatic rings. The highest BCUT2D eigenvalue weighted by Gasteiger charge is 2.28. The smallest absolute Gasteiger partial charge is 0.124 e. The van der Waals surface area contributed by atoms with Crippen LogP contribution >= 0.6 is 0 Å². The molecule has 3 rings (SSSR count). The van der Waals surface area contributed by atoms with Crippen molar-refractivity contribution in [3.8, 4) is 0 Å². The predicted molar refractivity (Wildman–Crippen MR) is 66.7 cm³/mol. The third-order valence-corrected chi connectivity index (χ3v) is 3.25. The summed E-state index contributed by atoms with van der Waals surface area (Å²) in [5.41, 5.74) is 8.80. The second kappa shape index (κ2) is 4.13. The molecule has 0 aliphatic carbocycles. The molecule has 1 atom stereocenters. The first-order valence-electron chi connectivity index (χ1n) is 5.87. The maximum atomic E-state index is 5.83. The molecule has 1 aromatic carbocycles. The lowest BCUT2D eigenvalue weighted by molar-refractivity contribution is 0.405. The number of nitrogens with zero attached hydrogens (tertiary/aromatic N) is 2. The van der Waals surface area contributed by atoms with Crippen LogP contribution in [0.25, 0.3) is 0 Å².